The van der Waals surface area contributed by atoms with Crippen molar-refractivity contribution >= 4 is 29.2 Å². The Kier molecular flexibility index (Phi) is 5.86. The fraction of sp³-hybridized carbons (Fsp3) is 0.312. The van der Waals surface area contributed by atoms with Crippen molar-refractivity contribution in [2.75, 3.05) is 36.2 Å². The first-order chi connectivity index (χ1) is 12.2. The highest BCUT2D eigenvalue weighted by atomic mass is 19.4. The molecular formula is C16H18F3N5O2. The average Bonchev–Trinajstić information content (AvgIpc) is 2.56. The molecule has 0 fully saturated rings. The van der Waals surface area contributed by atoms with E-state index in [1.807, 2.05) is 0 Å². The lowest BCUT2D eigenvalue weighted by Crippen LogP contribution is -2.16. The fourth-order valence-corrected chi connectivity index (χ4v) is 1.92. The van der Waals surface area contributed by atoms with Gasteiger partial charge >= 0.3 is 12.3 Å². The third kappa shape index (κ3) is 5.23. The van der Waals surface area contributed by atoms with Crippen LogP contribution in [0.5, 0.6) is 0 Å². The van der Waals surface area contributed by atoms with Crippen LogP contribution in [0.25, 0.3) is 0 Å². The molecule has 0 radical (unpaired) electrons. The number of hydrogen-bond donors (Lipinski definition) is 2. The number of hydrogen-bond acceptors (Lipinski definition) is 6. The van der Waals surface area contributed by atoms with E-state index in [-0.39, 0.29) is 18.4 Å². The van der Waals surface area contributed by atoms with Gasteiger partial charge in [0.2, 0.25) is 5.95 Å². The third-order valence-corrected chi connectivity index (χ3v) is 3.12. The van der Waals surface area contributed by atoms with E-state index in [1.165, 1.54) is 4.90 Å². The first-order valence-corrected chi connectivity index (χ1v) is 7.63. The number of rotatable bonds is 5. The van der Waals surface area contributed by atoms with E-state index < -0.39 is 18.0 Å². The van der Waals surface area contributed by atoms with Crippen molar-refractivity contribution in [3.63, 3.8) is 0 Å². The molecule has 26 heavy (non-hydrogen) atoms. The minimum Gasteiger partial charge on any atom is -0.450 e. The molecule has 2 rings (SSSR count). The van der Waals surface area contributed by atoms with Crippen LogP contribution in [0.2, 0.25) is 0 Å². The summed E-state index contributed by atoms with van der Waals surface area (Å²) in [7, 11) is 3.17. The molecule has 0 unspecified atom stereocenters. The van der Waals surface area contributed by atoms with E-state index in [4.69, 9.17) is 4.74 Å². The van der Waals surface area contributed by atoms with Crippen molar-refractivity contribution in [1.82, 2.24) is 9.97 Å². The molecule has 0 bridgehead atoms. The van der Waals surface area contributed by atoms with Crippen LogP contribution < -0.4 is 15.5 Å². The summed E-state index contributed by atoms with van der Waals surface area (Å²) in [6.07, 6.45) is -5.18. The summed E-state index contributed by atoms with van der Waals surface area (Å²) >= 11 is 0. The van der Waals surface area contributed by atoms with Crippen LogP contribution in [0, 0.1) is 0 Å². The zero-order valence-electron chi connectivity index (χ0n) is 14.4. The van der Waals surface area contributed by atoms with Crippen LogP contribution in [-0.4, -0.2) is 36.8 Å². The number of benzene rings is 1. The summed E-state index contributed by atoms with van der Waals surface area (Å²) in [6.45, 7) is 1.93. The zero-order chi connectivity index (χ0) is 19.3. The Balaban J connectivity index is 2.19. The molecule has 1 amide bonds. The van der Waals surface area contributed by atoms with Crippen LogP contribution in [0.3, 0.4) is 0 Å². The maximum atomic E-state index is 13.0. The number of alkyl halides is 3. The Hall–Kier alpha value is -3.04. The molecule has 140 valence electrons. The average molecular weight is 369 g/mol. The van der Waals surface area contributed by atoms with Gasteiger partial charge in [-0.25, -0.2) is 9.78 Å². The molecule has 1 aromatic carbocycles. The standard InChI is InChI=1S/C16H18F3N5O2/c1-4-26-15(25)21-11-7-5-10(6-8-11)20-14-22-12(16(17,18)19)9-13(23-14)24(2)3/h5-9H,4H2,1-3H3,(H,21,25)(H,20,22,23). The van der Waals surface area contributed by atoms with Gasteiger partial charge < -0.3 is 15.0 Å². The smallest absolute Gasteiger partial charge is 0.433 e. The number of amides is 1. The molecule has 7 nitrogen and oxygen atoms in total. The second-order valence-corrected chi connectivity index (χ2v) is 5.37. The minimum absolute atomic E-state index is 0.121. The lowest BCUT2D eigenvalue weighted by molar-refractivity contribution is -0.141. The number of carbonyl (C=O) groups excluding carboxylic acids is 1. The molecule has 0 atom stereocenters. The number of carbonyl (C=O) groups is 1. The molecule has 1 heterocycles. The third-order valence-electron chi connectivity index (χ3n) is 3.12. The molecule has 1 aromatic heterocycles. The molecule has 2 aromatic rings. The van der Waals surface area contributed by atoms with Crippen LogP contribution in [0.4, 0.5) is 41.1 Å². The number of nitrogens with one attached hydrogen (secondary N) is 2. The SMILES string of the molecule is CCOC(=O)Nc1ccc(Nc2nc(N(C)C)cc(C(F)(F)F)n2)cc1. The maximum absolute atomic E-state index is 13.0. The summed E-state index contributed by atoms with van der Waals surface area (Å²) in [5.41, 5.74) is -0.101. The Morgan fingerprint density at radius 3 is 2.31 bits per heavy atom. The molecule has 10 heteroatoms. The highest BCUT2D eigenvalue weighted by Crippen LogP contribution is 2.30. The molecule has 0 aliphatic heterocycles. The van der Waals surface area contributed by atoms with Crippen molar-refractivity contribution < 1.29 is 22.7 Å². The molecule has 2 N–H and O–H groups in total. The van der Waals surface area contributed by atoms with Crippen molar-refractivity contribution in [1.29, 1.82) is 0 Å². The number of aromatic nitrogens is 2. The van der Waals surface area contributed by atoms with Gasteiger partial charge in [-0.05, 0) is 31.2 Å². The second-order valence-electron chi connectivity index (χ2n) is 5.37. The zero-order valence-corrected chi connectivity index (χ0v) is 14.4. The Morgan fingerprint density at radius 1 is 1.15 bits per heavy atom. The van der Waals surface area contributed by atoms with Gasteiger partial charge in [-0.2, -0.15) is 18.2 Å². The first kappa shape index (κ1) is 19.3. The lowest BCUT2D eigenvalue weighted by Gasteiger charge is -2.16. The summed E-state index contributed by atoms with van der Waals surface area (Å²) < 4.78 is 43.8. The topological polar surface area (TPSA) is 79.4 Å². The number of nitrogens with zero attached hydrogens (tertiary/aromatic N) is 3. The predicted octanol–water partition coefficient (Wildman–Crippen LogP) is 3.87. The highest BCUT2D eigenvalue weighted by Gasteiger charge is 2.34. The van der Waals surface area contributed by atoms with Crippen molar-refractivity contribution in [3.8, 4) is 0 Å². The van der Waals surface area contributed by atoms with Gasteiger partial charge in [-0.3, -0.25) is 5.32 Å². The fourth-order valence-electron chi connectivity index (χ4n) is 1.92. The largest absolute Gasteiger partial charge is 0.450 e. The predicted molar refractivity (Wildman–Crippen MR) is 91.7 cm³/mol. The van der Waals surface area contributed by atoms with Crippen molar-refractivity contribution in [2.45, 2.75) is 13.1 Å². The highest BCUT2D eigenvalue weighted by molar-refractivity contribution is 5.84. The molecular weight excluding hydrogens is 351 g/mol. The van der Waals surface area contributed by atoms with Gasteiger partial charge in [0.05, 0.1) is 6.61 Å². The quantitative estimate of drug-likeness (QED) is 0.833. The van der Waals surface area contributed by atoms with Crippen LogP contribution >= 0.6 is 0 Å². The summed E-state index contributed by atoms with van der Waals surface area (Å²) in [5, 5.41) is 5.24. The minimum atomic E-state index is -4.59. The van der Waals surface area contributed by atoms with Gasteiger partial charge in [-0.15, -0.1) is 0 Å². The summed E-state index contributed by atoms with van der Waals surface area (Å²) in [6, 6.07) is 7.15. The van der Waals surface area contributed by atoms with E-state index in [0.29, 0.717) is 11.4 Å². The summed E-state index contributed by atoms with van der Waals surface area (Å²) in [5.74, 6) is -0.0648. The summed E-state index contributed by atoms with van der Waals surface area (Å²) in [4.78, 5) is 20.4. The Morgan fingerprint density at radius 2 is 1.77 bits per heavy atom. The van der Waals surface area contributed by atoms with Gasteiger partial charge in [-0.1, -0.05) is 0 Å². The maximum Gasteiger partial charge on any atom is 0.433 e. The van der Waals surface area contributed by atoms with Crippen molar-refractivity contribution in [3.05, 3.63) is 36.0 Å². The molecule has 0 aliphatic rings. The number of ether oxygens (including phenoxy) is 1. The van der Waals surface area contributed by atoms with Gasteiger partial charge in [0, 0.05) is 31.5 Å². The van der Waals surface area contributed by atoms with Crippen LogP contribution in [-0.2, 0) is 10.9 Å². The molecule has 0 spiro atoms. The monoisotopic (exact) mass is 369 g/mol. The van der Waals surface area contributed by atoms with Crippen LogP contribution in [0.15, 0.2) is 30.3 Å². The number of halogens is 3. The Bertz CT molecular complexity index is 763. The lowest BCUT2D eigenvalue weighted by atomic mass is 10.3. The molecule has 0 saturated heterocycles. The molecule has 0 saturated carbocycles. The van der Waals surface area contributed by atoms with E-state index in [1.54, 1.807) is 45.3 Å². The van der Waals surface area contributed by atoms with Gasteiger partial charge in [0.1, 0.15) is 5.82 Å². The van der Waals surface area contributed by atoms with Crippen molar-refractivity contribution in [2.24, 2.45) is 0 Å². The van der Waals surface area contributed by atoms with E-state index in [0.717, 1.165) is 6.07 Å². The second kappa shape index (κ2) is 7.89. The van der Waals surface area contributed by atoms with Gasteiger partial charge in [0.25, 0.3) is 0 Å². The van der Waals surface area contributed by atoms with Crippen LogP contribution in [0.1, 0.15) is 12.6 Å². The normalized spacial score (nSPS) is 11.0. The molecule has 0 aliphatic carbocycles. The Labute approximate surface area is 148 Å². The van der Waals surface area contributed by atoms with Gasteiger partial charge in [0.15, 0.2) is 5.69 Å². The van der Waals surface area contributed by atoms with E-state index in [2.05, 4.69) is 20.6 Å². The first-order valence-electron chi connectivity index (χ1n) is 7.63. The van der Waals surface area contributed by atoms with E-state index in [9.17, 15) is 18.0 Å². The van der Waals surface area contributed by atoms with E-state index >= 15 is 0 Å². The number of anilines is 4.